The molecule has 1 fully saturated rings. The van der Waals surface area contributed by atoms with Gasteiger partial charge in [0.15, 0.2) is 5.69 Å². The average molecular weight is 246 g/mol. The van der Waals surface area contributed by atoms with Crippen LogP contribution in [-0.4, -0.2) is 54.2 Å². The normalized spacial score (nSPS) is 16.3. The van der Waals surface area contributed by atoms with Gasteiger partial charge in [0.2, 0.25) is 0 Å². The van der Waals surface area contributed by atoms with Gasteiger partial charge in [-0.3, -0.25) is 0 Å². The predicted octanol–water partition coefficient (Wildman–Crippen LogP) is 0.403. The Balaban J connectivity index is 2.33. The molecule has 1 aromatic heterocycles. The van der Waals surface area contributed by atoms with Crippen molar-refractivity contribution in [3.8, 4) is 6.07 Å². The highest BCUT2D eigenvalue weighted by molar-refractivity contribution is 5.86. The molecular weight excluding hydrogens is 232 g/mol. The van der Waals surface area contributed by atoms with E-state index in [1.165, 1.54) is 12.1 Å². The van der Waals surface area contributed by atoms with Crippen LogP contribution in [0.25, 0.3) is 0 Å². The summed E-state index contributed by atoms with van der Waals surface area (Å²) >= 11 is 0. The van der Waals surface area contributed by atoms with E-state index >= 15 is 0 Å². The third-order valence-electron chi connectivity index (χ3n) is 3.02. The van der Waals surface area contributed by atoms with Crippen LogP contribution in [0.15, 0.2) is 12.1 Å². The molecule has 0 unspecified atom stereocenters. The van der Waals surface area contributed by atoms with Gasteiger partial charge < -0.3 is 14.9 Å². The minimum Gasteiger partial charge on any atom is -0.477 e. The van der Waals surface area contributed by atoms with Crippen LogP contribution in [0.1, 0.15) is 16.1 Å². The van der Waals surface area contributed by atoms with Crippen LogP contribution >= 0.6 is 0 Å². The van der Waals surface area contributed by atoms with Gasteiger partial charge in [-0.05, 0) is 19.2 Å². The van der Waals surface area contributed by atoms with Crippen molar-refractivity contribution in [3.05, 3.63) is 23.4 Å². The number of likely N-dealkylation sites (N-methyl/N-ethyl adjacent to an activating group) is 1. The van der Waals surface area contributed by atoms with Crippen molar-refractivity contribution in [2.24, 2.45) is 0 Å². The molecule has 94 valence electrons. The molecule has 6 nitrogen and oxygen atoms in total. The third-order valence-corrected chi connectivity index (χ3v) is 3.02. The zero-order valence-corrected chi connectivity index (χ0v) is 10.1. The van der Waals surface area contributed by atoms with Crippen LogP contribution in [0.4, 0.5) is 5.82 Å². The van der Waals surface area contributed by atoms with E-state index < -0.39 is 5.97 Å². The molecule has 0 saturated carbocycles. The first-order valence-electron chi connectivity index (χ1n) is 5.69. The second-order valence-corrected chi connectivity index (χ2v) is 4.27. The van der Waals surface area contributed by atoms with Gasteiger partial charge >= 0.3 is 5.97 Å². The Morgan fingerprint density at radius 2 is 2.06 bits per heavy atom. The lowest BCUT2D eigenvalue weighted by Crippen LogP contribution is -2.45. The molecule has 6 heteroatoms. The van der Waals surface area contributed by atoms with Crippen molar-refractivity contribution in [2.75, 3.05) is 38.1 Å². The summed E-state index contributed by atoms with van der Waals surface area (Å²) in [5.74, 6) is -0.597. The number of aromatic carboxylic acids is 1. The lowest BCUT2D eigenvalue weighted by molar-refractivity contribution is 0.0690. The molecule has 1 aliphatic heterocycles. The molecule has 1 aromatic rings. The maximum absolute atomic E-state index is 10.9. The molecule has 0 atom stereocenters. The first-order valence-corrected chi connectivity index (χ1v) is 5.69. The van der Waals surface area contributed by atoms with Crippen molar-refractivity contribution in [1.82, 2.24) is 9.88 Å². The van der Waals surface area contributed by atoms with E-state index in [0.29, 0.717) is 11.4 Å². The third kappa shape index (κ3) is 2.41. The molecule has 18 heavy (non-hydrogen) atoms. The fourth-order valence-electron chi connectivity index (χ4n) is 1.91. The van der Waals surface area contributed by atoms with Crippen LogP contribution < -0.4 is 4.90 Å². The number of hydrogen-bond donors (Lipinski definition) is 1. The minimum atomic E-state index is -1.07. The zero-order chi connectivity index (χ0) is 13.1. The highest BCUT2D eigenvalue weighted by Gasteiger charge is 2.19. The summed E-state index contributed by atoms with van der Waals surface area (Å²) in [7, 11) is 2.03. The summed E-state index contributed by atoms with van der Waals surface area (Å²) in [6.45, 7) is 3.26. The van der Waals surface area contributed by atoms with Crippen molar-refractivity contribution in [3.63, 3.8) is 0 Å². The first-order chi connectivity index (χ1) is 8.61. The van der Waals surface area contributed by atoms with Gasteiger partial charge in [-0.15, -0.1) is 0 Å². The Kier molecular flexibility index (Phi) is 3.44. The first kappa shape index (κ1) is 12.3. The topological polar surface area (TPSA) is 80.5 Å². The van der Waals surface area contributed by atoms with Gasteiger partial charge in [0.25, 0.3) is 0 Å². The quantitative estimate of drug-likeness (QED) is 0.813. The number of nitrogens with zero attached hydrogens (tertiary/aromatic N) is 4. The molecule has 2 rings (SSSR count). The van der Waals surface area contributed by atoms with E-state index in [9.17, 15) is 4.79 Å². The second kappa shape index (κ2) is 5.02. The molecule has 2 heterocycles. The summed E-state index contributed by atoms with van der Waals surface area (Å²) in [6, 6.07) is 4.94. The van der Waals surface area contributed by atoms with E-state index in [0.717, 1.165) is 26.2 Å². The van der Waals surface area contributed by atoms with Crippen LogP contribution in [-0.2, 0) is 0 Å². The smallest absolute Gasteiger partial charge is 0.354 e. The monoisotopic (exact) mass is 246 g/mol. The van der Waals surface area contributed by atoms with Crippen LogP contribution in [0, 0.1) is 11.3 Å². The van der Waals surface area contributed by atoms with Gasteiger partial charge in [-0.2, -0.15) is 5.26 Å². The summed E-state index contributed by atoms with van der Waals surface area (Å²) in [4.78, 5) is 19.1. The number of anilines is 1. The number of carboxylic acid groups (broad SMARTS) is 1. The summed E-state index contributed by atoms with van der Waals surface area (Å²) in [5.41, 5.74) is 0.396. The highest BCUT2D eigenvalue weighted by atomic mass is 16.4. The van der Waals surface area contributed by atoms with Crippen molar-refractivity contribution in [2.45, 2.75) is 0 Å². The number of nitriles is 1. The maximum atomic E-state index is 10.9. The van der Waals surface area contributed by atoms with E-state index in [2.05, 4.69) is 16.0 Å². The molecule has 0 bridgehead atoms. The number of rotatable bonds is 2. The van der Waals surface area contributed by atoms with Crippen LogP contribution in [0.2, 0.25) is 0 Å². The van der Waals surface area contributed by atoms with Gasteiger partial charge in [-0.1, -0.05) is 0 Å². The summed E-state index contributed by atoms with van der Waals surface area (Å²) < 4.78 is 0. The van der Waals surface area contributed by atoms with E-state index in [4.69, 9.17) is 10.4 Å². The van der Waals surface area contributed by atoms with Gasteiger partial charge in [0.1, 0.15) is 11.9 Å². The Morgan fingerprint density at radius 1 is 1.39 bits per heavy atom. The van der Waals surface area contributed by atoms with Crippen molar-refractivity contribution in [1.29, 1.82) is 5.26 Å². The van der Waals surface area contributed by atoms with Crippen LogP contribution in [0.5, 0.6) is 0 Å². The molecular formula is C12H14N4O2. The fourth-order valence-corrected chi connectivity index (χ4v) is 1.91. The lowest BCUT2D eigenvalue weighted by Gasteiger charge is -2.33. The zero-order valence-electron chi connectivity index (χ0n) is 10.1. The Morgan fingerprint density at radius 3 is 2.61 bits per heavy atom. The van der Waals surface area contributed by atoms with Gasteiger partial charge in [0, 0.05) is 26.2 Å². The van der Waals surface area contributed by atoms with E-state index in [1.807, 2.05) is 11.9 Å². The van der Waals surface area contributed by atoms with E-state index in [-0.39, 0.29) is 5.69 Å². The number of aromatic nitrogens is 1. The van der Waals surface area contributed by atoms with Crippen LogP contribution in [0.3, 0.4) is 0 Å². The summed E-state index contributed by atoms with van der Waals surface area (Å²) in [6.07, 6.45) is 0. The molecule has 1 N–H and O–H groups in total. The number of pyridine rings is 1. The minimum absolute atomic E-state index is 0.0251. The number of piperazine rings is 1. The number of carbonyl (C=O) groups is 1. The van der Waals surface area contributed by atoms with Crippen molar-refractivity contribution < 1.29 is 9.90 Å². The SMILES string of the molecule is CN1CCN(c2nc(C(=O)O)ccc2C#N)CC1. The predicted molar refractivity (Wildman–Crippen MR) is 65.6 cm³/mol. The Labute approximate surface area is 105 Å². The van der Waals surface area contributed by atoms with E-state index in [1.54, 1.807) is 0 Å². The van der Waals surface area contributed by atoms with Gasteiger partial charge in [-0.25, -0.2) is 9.78 Å². The number of carboxylic acids is 1. The molecule has 1 aliphatic rings. The highest BCUT2D eigenvalue weighted by Crippen LogP contribution is 2.19. The molecule has 0 spiro atoms. The second-order valence-electron chi connectivity index (χ2n) is 4.27. The maximum Gasteiger partial charge on any atom is 0.354 e. The fraction of sp³-hybridized carbons (Fsp3) is 0.417. The molecule has 0 amide bonds. The molecule has 0 aliphatic carbocycles. The standard InChI is InChI=1S/C12H14N4O2/c1-15-4-6-16(7-5-15)11-9(8-13)2-3-10(14-11)12(17)18/h2-3H,4-7H2,1H3,(H,17,18). The number of hydrogen-bond acceptors (Lipinski definition) is 5. The molecule has 0 aromatic carbocycles. The lowest BCUT2D eigenvalue weighted by atomic mass is 10.2. The summed E-state index contributed by atoms with van der Waals surface area (Å²) in [5, 5.41) is 18.0. The molecule has 0 radical (unpaired) electrons. The van der Waals surface area contributed by atoms with Crippen molar-refractivity contribution >= 4 is 11.8 Å². The molecule has 1 saturated heterocycles. The Hall–Kier alpha value is -2.13. The Bertz CT molecular complexity index is 501. The van der Waals surface area contributed by atoms with Gasteiger partial charge in [0.05, 0.1) is 5.56 Å². The largest absolute Gasteiger partial charge is 0.477 e. The average Bonchev–Trinajstić information content (AvgIpc) is 2.39.